The Hall–Kier alpha value is -2.87. The molecule has 1 aromatic carbocycles. The minimum absolute atomic E-state index is 0.252. The van der Waals surface area contributed by atoms with E-state index >= 15 is 0 Å². The topological polar surface area (TPSA) is 90.9 Å². The second-order valence-electron chi connectivity index (χ2n) is 8.27. The standard InChI is InChI=1S/C23H27NO6S/c1-6-7-12-28-21(26)16-13(2)17(22(27)30-23(3,4)5)31-19(16)24-18-14-10-8-9-11-15(14)20(25)29-18/h8-11,18,24H,6-7,12H2,1-5H3/t18-/m1/s1. The average Bonchev–Trinajstić information content (AvgIpc) is 3.18. The number of anilines is 1. The molecule has 0 spiro atoms. The van der Waals surface area contributed by atoms with Crippen LogP contribution in [0.4, 0.5) is 5.00 Å². The van der Waals surface area contributed by atoms with Crippen LogP contribution in [0.15, 0.2) is 24.3 Å². The van der Waals surface area contributed by atoms with E-state index < -0.39 is 29.7 Å². The molecule has 8 heteroatoms. The lowest BCUT2D eigenvalue weighted by Crippen LogP contribution is -2.23. The Labute approximate surface area is 185 Å². The average molecular weight is 446 g/mol. The molecule has 0 bridgehead atoms. The molecule has 1 atom stereocenters. The fourth-order valence-electron chi connectivity index (χ4n) is 3.13. The van der Waals surface area contributed by atoms with Crippen molar-refractivity contribution in [3.8, 4) is 0 Å². The summed E-state index contributed by atoms with van der Waals surface area (Å²) in [5, 5.41) is 3.51. The van der Waals surface area contributed by atoms with Gasteiger partial charge in [-0.1, -0.05) is 31.5 Å². The number of hydrogen-bond donors (Lipinski definition) is 1. The fourth-order valence-corrected chi connectivity index (χ4v) is 4.22. The van der Waals surface area contributed by atoms with Crippen LogP contribution in [-0.2, 0) is 14.2 Å². The van der Waals surface area contributed by atoms with Gasteiger partial charge in [0, 0.05) is 5.56 Å². The lowest BCUT2D eigenvalue weighted by atomic mass is 10.1. The largest absolute Gasteiger partial charge is 0.462 e. The number of benzene rings is 1. The van der Waals surface area contributed by atoms with Crippen LogP contribution in [0.5, 0.6) is 0 Å². The molecule has 1 N–H and O–H groups in total. The summed E-state index contributed by atoms with van der Waals surface area (Å²) in [5.41, 5.74) is 1.18. The highest BCUT2D eigenvalue weighted by Gasteiger charge is 2.34. The molecule has 2 aromatic rings. The number of ether oxygens (including phenoxy) is 3. The van der Waals surface area contributed by atoms with Crippen LogP contribution in [0.25, 0.3) is 0 Å². The highest BCUT2D eigenvalue weighted by Crippen LogP contribution is 2.39. The van der Waals surface area contributed by atoms with Gasteiger partial charge in [0.1, 0.15) is 15.5 Å². The monoisotopic (exact) mass is 445 g/mol. The van der Waals surface area contributed by atoms with E-state index in [2.05, 4.69) is 5.32 Å². The molecule has 1 aliphatic rings. The zero-order valence-electron chi connectivity index (χ0n) is 18.4. The lowest BCUT2D eigenvalue weighted by molar-refractivity contribution is 0.00741. The van der Waals surface area contributed by atoms with Gasteiger partial charge in [0.05, 0.1) is 17.7 Å². The van der Waals surface area contributed by atoms with Gasteiger partial charge in [-0.3, -0.25) is 0 Å². The molecular weight excluding hydrogens is 418 g/mol. The molecule has 1 aromatic heterocycles. The smallest absolute Gasteiger partial charge is 0.349 e. The normalized spacial score (nSPS) is 15.3. The van der Waals surface area contributed by atoms with Crippen LogP contribution in [0.1, 0.15) is 88.3 Å². The molecule has 0 amide bonds. The highest BCUT2D eigenvalue weighted by atomic mass is 32.1. The first-order valence-electron chi connectivity index (χ1n) is 10.2. The summed E-state index contributed by atoms with van der Waals surface area (Å²) < 4.78 is 16.4. The molecule has 7 nitrogen and oxygen atoms in total. The van der Waals surface area contributed by atoms with Crippen LogP contribution in [-0.4, -0.2) is 30.1 Å². The van der Waals surface area contributed by atoms with E-state index in [1.165, 1.54) is 0 Å². The predicted molar refractivity (Wildman–Crippen MR) is 118 cm³/mol. The van der Waals surface area contributed by atoms with Crippen LogP contribution in [0.3, 0.4) is 0 Å². The van der Waals surface area contributed by atoms with E-state index in [1.54, 1.807) is 52.0 Å². The Kier molecular flexibility index (Phi) is 6.69. The Morgan fingerprint density at radius 1 is 1.19 bits per heavy atom. The number of rotatable bonds is 7. The van der Waals surface area contributed by atoms with E-state index in [9.17, 15) is 14.4 Å². The van der Waals surface area contributed by atoms with Crippen molar-refractivity contribution in [1.29, 1.82) is 0 Å². The van der Waals surface area contributed by atoms with E-state index in [0.29, 0.717) is 26.6 Å². The maximum absolute atomic E-state index is 12.9. The molecule has 3 rings (SSSR count). The molecule has 2 heterocycles. The second-order valence-corrected chi connectivity index (χ2v) is 9.29. The van der Waals surface area contributed by atoms with Gasteiger partial charge in [-0.2, -0.15) is 0 Å². The van der Waals surface area contributed by atoms with E-state index in [1.807, 2.05) is 6.92 Å². The molecule has 166 valence electrons. The molecule has 31 heavy (non-hydrogen) atoms. The Bertz CT molecular complexity index is 1000. The van der Waals surface area contributed by atoms with Gasteiger partial charge >= 0.3 is 17.9 Å². The molecule has 1 aliphatic heterocycles. The minimum atomic E-state index is -0.768. The number of nitrogens with one attached hydrogen (secondary N) is 1. The summed E-state index contributed by atoms with van der Waals surface area (Å²) >= 11 is 1.09. The first-order valence-corrected chi connectivity index (χ1v) is 11.0. The molecule has 0 aliphatic carbocycles. The maximum atomic E-state index is 12.9. The maximum Gasteiger partial charge on any atom is 0.349 e. The van der Waals surface area contributed by atoms with Gasteiger partial charge in [-0.25, -0.2) is 14.4 Å². The third-order valence-corrected chi connectivity index (χ3v) is 5.82. The van der Waals surface area contributed by atoms with Crippen LogP contribution >= 0.6 is 11.3 Å². The molecule has 0 fully saturated rings. The van der Waals surface area contributed by atoms with Crippen molar-refractivity contribution in [3.63, 3.8) is 0 Å². The number of hydrogen-bond acceptors (Lipinski definition) is 8. The molecule has 0 radical (unpaired) electrons. The van der Waals surface area contributed by atoms with Crippen molar-refractivity contribution in [3.05, 3.63) is 51.4 Å². The highest BCUT2D eigenvalue weighted by molar-refractivity contribution is 7.18. The summed E-state index contributed by atoms with van der Waals surface area (Å²) in [6.45, 7) is 9.31. The first-order chi connectivity index (χ1) is 14.6. The SMILES string of the molecule is CCCCOC(=O)c1c(N[C@@H]2OC(=O)c3ccccc32)sc(C(=O)OC(C)(C)C)c1C. The van der Waals surface area contributed by atoms with Crippen molar-refractivity contribution in [2.24, 2.45) is 0 Å². The van der Waals surface area contributed by atoms with Crippen molar-refractivity contribution < 1.29 is 28.6 Å². The van der Waals surface area contributed by atoms with Crippen molar-refractivity contribution in [2.75, 3.05) is 11.9 Å². The molecule has 0 unspecified atom stereocenters. The summed E-state index contributed by atoms with van der Waals surface area (Å²) in [5.74, 6) is -1.49. The minimum Gasteiger partial charge on any atom is -0.462 e. The van der Waals surface area contributed by atoms with Crippen LogP contribution in [0, 0.1) is 6.92 Å². The lowest BCUT2D eigenvalue weighted by Gasteiger charge is -2.19. The van der Waals surface area contributed by atoms with E-state index in [-0.39, 0.29) is 12.2 Å². The van der Waals surface area contributed by atoms with Crippen molar-refractivity contribution in [2.45, 2.75) is 59.3 Å². The fraction of sp³-hybridized carbons (Fsp3) is 0.435. The zero-order valence-corrected chi connectivity index (χ0v) is 19.2. The van der Waals surface area contributed by atoms with Crippen LogP contribution in [0.2, 0.25) is 0 Å². The Morgan fingerprint density at radius 3 is 2.58 bits per heavy atom. The molecule has 0 saturated carbocycles. The van der Waals surface area contributed by atoms with Gasteiger partial charge in [-0.05, 0) is 45.7 Å². The number of carbonyl (C=O) groups excluding carboxylic acids is 3. The number of unbranched alkanes of at least 4 members (excludes halogenated alkanes) is 1. The van der Waals surface area contributed by atoms with Crippen LogP contribution < -0.4 is 5.32 Å². The Morgan fingerprint density at radius 2 is 1.90 bits per heavy atom. The zero-order chi connectivity index (χ0) is 22.8. The van der Waals surface area contributed by atoms with Gasteiger partial charge in [0.2, 0.25) is 6.23 Å². The number of cyclic esters (lactones) is 1. The molecule has 0 saturated heterocycles. The number of esters is 3. The summed E-state index contributed by atoms with van der Waals surface area (Å²) in [6, 6.07) is 7.04. The quantitative estimate of drug-likeness (QED) is 0.354. The molecular formula is C23H27NO6S. The van der Waals surface area contributed by atoms with Gasteiger partial charge < -0.3 is 19.5 Å². The Balaban J connectivity index is 1.96. The first kappa shape index (κ1) is 22.8. The van der Waals surface area contributed by atoms with Gasteiger partial charge in [-0.15, -0.1) is 11.3 Å². The number of fused-ring (bicyclic) bond motifs is 1. The predicted octanol–water partition coefficient (Wildman–Crippen LogP) is 5.25. The van der Waals surface area contributed by atoms with Gasteiger partial charge in [0.15, 0.2) is 0 Å². The van der Waals surface area contributed by atoms with E-state index in [0.717, 1.165) is 24.2 Å². The van der Waals surface area contributed by atoms with E-state index in [4.69, 9.17) is 14.2 Å². The number of carbonyl (C=O) groups is 3. The third kappa shape index (κ3) is 5.07. The third-order valence-electron chi connectivity index (χ3n) is 4.62. The van der Waals surface area contributed by atoms with Crippen molar-refractivity contribution in [1.82, 2.24) is 0 Å². The van der Waals surface area contributed by atoms with Crippen molar-refractivity contribution >= 4 is 34.2 Å². The summed E-state index contributed by atoms with van der Waals surface area (Å²) in [4.78, 5) is 38.1. The van der Waals surface area contributed by atoms with Gasteiger partial charge in [0.25, 0.3) is 0 Å². The second kappa shape index (κ2) is 9.09. The number of thiophene rings is 1. The summed E-state index contributed by atoms with van der Waals surface area (Å²) in [6.07, 6.45) is 0.860. The summed E-state index contributed by atoms with van der Waals surface area (Å²) in [7, 11) is 0.